The quantitative estimate of drug-likeness (QED) is 0.628. The Morgan fingerprint density at radius 1 is 1.19 bits per heavy atom. The molecule has 0 amide bonds. The Labute approximate surface area is 176 Å². The van der Waals surface area contributed by atoms with E-state index in [-0.39, 0.29) is 17.5 Å². The molecule has 0 aliphatic carbocycles. The maximum Gasteiger partial charge on any atom is 0.431 e. The lowest BCUT2D eigenvalue weighted by Crippen LogP contribution is -2.35. The summed E-state index contributed by atoms with van der Waals surface area (Å²) in [5.74, 6) is 1.81. The number of para-hydroxylation sites is 1. The Morgan fingerprint density at radius 2 is 2.00 bits per heavy atom. The predicted molar refractivity (Wildman–Crippen MR) is 108 cm³/mol. The van der Waals surface area contributed by atoms with Gasteiger partial charge < -0.3 is 14.5 Å². The number of nitrogens with one attached hydrogen (secondary N) is 2. The first kappa shape index (κ1) is 20.0. The minimum absolute atomic E-state index is 0.00862. The molecule has 2 atom stereocenters. The van der Waals surface area contributed by atoms with E-state index in [1.165, 1.54) is 6.33 Å². The second-order valence-corrected chi connectivity index (χ2v) is 7.96. The highest BCUT2D eigenvalue weighted by Crippen LogP contribution is 2.42. The summed E-state index contributed by atoms with van der Waals surface area (Å²) in [5, 5.41) is 0.300. The number of aromatic amines is 2. The number of halogens is 3. The van der Waals surface area contributed by atoms with Gasteiger partial charge in [-0.2, -0.15) is 13.2 Å². The largest absolute Gasteiger partial charge is 0.493 e. The fourth-order valence-corrected chi connectivity index (χ4v) is 4.55. The number of ether oxygens (including phenoxy) is 2. The third-order valence-corrected chi connectivity index (χ3v) is 6.16. The molecule has 5 rings (SSSR count). The Hall–Kier alpha value is -2.94. The Bertz CT molecular complexity index is 1110. The maximum absolute atomic E-state index is 13.1. The van der Waals surface area contributed by atoms with Crippen LogP contribution in [0, 0.1) is 11.8 Å². The maximum atomic E-state index is 13.1. The predicted octanol–water partition coefficient (Wildman–Crippen LogP) is 4.32. The van der Waals surface area contributed by atoms with Crippen LogP contribution in [0.3, 0.4) is 0 Å². The number of aromatic nitrogens is 3. The summed E-state index contributed by atoms with van der Waals surface area (Å²) in [6, 6.07) is 8.91. The summed E-state index contributed by atoms with van der Waals surface area (Å²) < 4.78 is 50.9. The molecule has 0 bridgehead atoms. The average Bonchev–Trinajstić information content (AvgIpc) is 3.24. The van der Waals surface area contributed by atoms with Gasteiger partial charge in [-0.05, 0) is 30.9 Å². The van der Waals surface area contributed by atoms with Crippen LogP contribution in [-0.4, -0.2) is 36.0 Å². The molecule has 0 spiro atoms. The van der Waals surface area contributed by atoms with Gasteiger partial charge in [0.05, 0.1) is 12.8 Å². The molecule has 0 radical (unpaired) electrons. The highest BCUT2D eigenvalue weighted by atomic mass is 19.4. The zero-order valence-electron chi connectivity index (χ0n) is 16.7. The highest BCUT2D eigenvalue weighted by molar-refractivity contribution is 5.87. The van der Waals surface area contributed by atoms with Crippen LogP contribution in [0.15, 0.2) is 41.7 Å². The van der Waals surface area contributed by atoms with Crippen LogP contribution >= 0.6 is 0 Å². The van der Waals surface area contributed by atoms with Gasteiger partial charge in [-0.15, -0.1) is 4.99 Å². The van der Waals surface area contributed by atoms with Gasteiger partial charge in [0.1, 0.15) is 16.8 Å². The number of rotatable bonds is 3. The third kappa shape index (κ3) is 3.89. The zero-order chi connectivity index (χ0) is 21.4. The normalized spacial score (nSPS) is 22.5. The smallest absolute Gasteiger partial charge is 0.431 e. The lowest BCUT2D eigenvalue weighted by Gasteiger charge is -2.37. The lowest BCUT2D eigenvalue weighted by atomic mass is 9.74. The first-order valence-electron chi connectivity index (χ1n) is 10.3. The molecular formula is C22H22F3N4O2+. The second kappa shape index (κ2) is 7.96. The molecule has 2 aromatic heterocycles. The fourth-order valence-electron chi connectivity index (χ4n) is 4.55. The number of alkyl halides is 3. The van der Waals surface area contributed by atoms with E-state index in [1.54, 1.807) is 0 Å². The van der Waals surface area contributed by atoms with Gasteiger partial charge in [-0.3, -0.25) is 0 Å². The molecule has 2 aliphatic heterocycles. The van der Waals surface area contributed by atoms with Crippen molar-refractivity contribution < 1.29 is 27.6 Å². The zero-order valence-corrected chi connectivity index (χ0v) is 16.7. The number of nitrogens with zero attached hydrogens (tertiary/aromatic N) is 2. The minimum Gasteiger partial charge on any atom is -0.493 e. The molecule has 2 aliphatic rings. The van der Waals surface area contributed by atoms with Crippen LogP contribution in [0.4, 0.5) is 19.0 Å². The molecule has 2 N–H and O–H groups in total. The summed E-state index contributed by atoms with van der Waals surface area (Å²) in [5.41, 5.74) is 0.346. The number of hydrogen-bond acceptors (Lipinski definition) is 4. The SMILES string of the molecule is FC(F)(F)c1cc2c(/N=C\C3c4ccccc4OC[C@@H]3C3CCOCC3)[nH+]cnc2[nH]1. The van der Waals surface area contributed by atoms with Crippen LogP contribution in [0.5, 0.6) is 5.75 Å². The van der Waals surface area contributed by atoms with E-state index >= 15 is 0 Å². The van der Waals surface area contributed by atoms with Gasteiger partial charge >= 0.3 is 6.18 Å². The van der Waals surface area contributed by atoms with E-state index < -0.39 is 11.9 Å². The molecule has 6 nitrogen and oxygen atoms in total. The third-order valence-electron chi connectivity index (χ3n) is 6.16. The lowest BCUT2D eigenvalue weighted by molar-refractivity contribution is -0.365. The van der Waals surface area contributed by atoms with Crippen molar-refractivity contribution in [2.24, 2.45) is 16.8 Å². The molecule has 1 saturated heterocycles. The van der Waals surface area contributed by atoms with Gasteiger partial charge in [-0.25, -0.2) is 4.98 Å². The average molecular weight is 431 g/mol. The van der Waals surface area contributed by atoms with Crippen molar-refractivity contribution in [2.75, 3.05) is 19.8 Å². The van der Waals surface area contributed by atoms with Gasteiger partial charge in [0.2, 0.25) is 12.0 Å². The van der Waals surface area contributed by atoms with Crippen molar-refractivity contribution in [3.8, 4) is 5.75 Å². The molecule has 162 valence electrons. The summed E-state index contributed by atoms with van der Waals surface area (Å²) in [4.78, 5) is 13.8. The number of benzene rings is 1. The first-order chi connectivity index (χ1) is 15.0. The van der Waals surface area contributed by atoms with Crippen LogP contribution in [0.2, 0.25) is 0 Å². The number of H-pyrrole nitrogens is 2. The highest BCUT2D eigenvalue weighted by Gasteiger charge is 2.37. The summed E-state index contributed by atoms with van der Waals surface area (Å²) in [7, 11) is 0. The number of hydrogen-bond donors (Lipinski definition) is 1. The van der Waals surface area contributed by atoms with Crippen LogP contribution in [0.25, 0.3) is 11.0 Å². The minimum atomic E-state index is -4.48. The Balaban J connectivity index is 1.52. The monoisotopic (exact) mass is 431 g/mol. The molecule has 1 aromatic carbocycles. The number of aliphatic imine (C=N–C) groups is 1. The summed E-state index contributed by atoms with van der Waals surface area (Å²) in [6.45, 7) is 2.04. The van der Waals surface area contributed by atoms with E-state index in [1.807, 2.05) is 30.5 Å². The number of fused-ring (bicyclic) bond motifs is 2. The van der Waals surface area contributed by atoms with E-state index in [9.17, 15) is 13.2 Å². The molecule has 31 heavy (non-hydrogen) atoms. The first-order valence-corrected chi connectivity index (χ1v) is 10.3. The standard InChI is InChI=1S/C22H21F3N4O2/c23-22(24,25)19-9-15-20(27-12-28-21(15)29-19)26-10-16-14-3-1-2-4-18(14)31-11-17(16)13-5-7-30-8-6-13/h1-4,9-10,12-13,16-17H,5-8,11H2,(H,27,28,29)/p+1/b26-10-/t16?,17-/m1/s1. The van der Waals surface area contributed by atoms with Crippen molar-refractivity contribution in [2.45, 2.75) is 24.9 Å². The molecule has 3 aromatic rings. The van der Waals surface area contributed by atoms with Crippen molar-refractivity contribution in [3.05, 3.63) is 47.9 Å². The van der Waals surface area contributed by atoms with E-state index in [0.717, 1.165) is 43.4 Å². The molecule has 1 unspecified atom stereocenters. The van der Waals surface area contributed by atoms with Gasteiger partial charge in [-0.1, -0.05) is 23.2 Å². The van der Waals surface area contributed by atoms with E-state index in [0.29, 0.717) is 23.7 Å². The van der Waals surface area contributed by atoms with Gasteiger partial charge in [0.15, 0.2) is 0 Å². The van der Waals surface area contributed by atoms with Crippen molar-refractivity contribution in [1.82, 2.24) is 9.97 Å². The second-order valence-electron chi connectivity index (χ2n) is 7.96. The van der Waals surface area contributed by atoms with Crippen LogP contribution in [0.1, 0.15) is 30.0 Å². The summed E-state index contributed by atoms with van der Waals surface area (Å²) in [6.07, 6.45) is 0.625. The van der Waals surface area contributed by atoms with Crippen molar-refractivity contribution in [1.29, 1.82) is 0 Å². The van der Waals surface area contributed by atoms with E-state index in [2.05, 4.69) is 19.9 Å². The van der Waals surface area contributed by atoms with Gasteiger partial charge in [0, 0.05) is 30.6 Å². The van der Waals surface area contributed by atoms with Crippen LogP contribution in [-0.2, 0) is 10.9 Å². The Kier molecular flexibility index (Phi) is 5.13. The molecular weight excluding hydrogens is 409 g/mol. The molecule has 4 heterocycles. The van der Waals surface area contributed by atoms with Crippen molar-refractivity contribution in [3.63, 3.8) is 0 Å². The fraction of sp³-hybridized carbons (Fsp3) is 0.409. The Morgan fingerprint density at radius 3 is 2.81 bits per heavy atom. The van der Waals surface area contributed by atoms with Crippen LogP contribution < -0.4 is 9.72 Å². The van der Waals surface area contributed by atoms with E-state index in [4.69, 9.17) is 9.47 Å². The topological polar surface area (TPSA) is 73.6 Å². The molecule has 1 fully saturated rings. The molecule has 0 saturated carbocycles. The van der Waals surface area contributed by atoms with Gasteiger partial charge in [0.25, 0.3) is 5.82 Å². The molecule has 9 heteroatoms. The summed E-state index contributed by atoms with van der Waals surface area (Å²) >= 11 is 0. The van der Waals surface area contributed by atoms with Crippen molar-refractivity contribution >= 4 is 23.1 Å².